The average Bonchev–Trinajstić information content (AvgIpc) is 2.52. The fourth-order valence-corrected chi connectivity index (χ4v) is 2.02. The maximum Gasteiger partial charge on any atom is 0.165 e. The predicted octanol–water partition coefficient (Wildman–Crippen LogP) is 3.86. The number of benzene rings is 1. The lowest BCUT2D eigenvalue weighted by Crippen LogP contribution is -2.19. The highest BCUT2D eigenvalue weighted by Crippen LogP contribution is 2.23. The number of hydrogen-bond acceptors (Lipinski definition) is 3. The minimum absolute atomic E-state index is 0.133. The molecule has 21 heavy (non-hydrogen) atoms. The van der Waals surface area contributed by atoms with E-state index in [4.69, 9.17) is 4.74 Å². The molecule has 1 heterocycles. The molecule has 3 nitrogen and oxygen atoms in total. The van der Waals surface area contributed by atoms with Crippen molar-refractivity contribution in [2.24, 2.45) is 0 Å². The molecule has 0 fully saturated rings. The van der Waals surface area contributed by atoms with Crippen molar-refractivity contribution in [3.63, 3.8) is 0 Å². The van der Waals surface area contributed by atoms with Crippen molar-refractivity contribution in [3.05, 3.63) is 59.7 Å². The van der Waals surface area contributed by atoms with Crippen LogP contribution >= 0.6 is 0 Å². The number of nitrogens with zero attached hydrogens (tertiary/aromatic N) is 1. The zero-order valence-electron chi connectivity index (χ0n) is 12.5. The molecule has 0 aliphatic heterocycles. The third kappa shape index (κ3) is 4.53. The standard InChI is InChI=1S/C17H21FN2O/c1-3-8-20-13(2)15-4-5-17(16(18)11-15)21-12-14-6-9-19-10-7-14/h4-7,9-11,13,20H,3,8,12H2,1-2H3. The average molecular weight is 288 g/mol. The Kier molecular flexibility index (Phi) is 5.69. The Morgan fingerprint density at radius 2 is 2.00 bits per heavy atom. The molecule has 1 atom stereocenters. The van der Waals surface area contributed by atoms with Crippen LogP contribution in [0.3, 0.4) is 0 Å². The molecule has 2 rings (SSSR count). The van der Waals surface area contributed by atoms with E-state index in [0.717, 1.165) is 24.1 Å². The molecule has 1 aromatic carbocycles. The summed E-state index contributed by atoms with van der Waals surface area (Å²) in [5.74, 6) is -0.0510. The fraction of sp³-hybridized carbons (Fsp3) is 0.353. The van der Waals surface area contributed by atoms with Gasteiger partial charge in [0.15, 0.2) is 11.6 Å². The Hall–Kier alpha value is -1.94. The highest BCUT2D eigenvalue weighted by molar-refractivity contribution is 5.31. The number of rotatable bonds is 7. The molecular weight excluding hydrogens is 267 g/mol. The zero-order chi connectivity index (χ0) is 15.1. The second kappa shape index (κ2) is 7.74. The van der Waals surface area contributed by atoms with Gasteiger partial charge in [-0.3, -0.25) is 4.98 Å². The van der Waals surface area contributed by atoms with Crippen LogP contribution in [0.4, 0.5) is 4.39 Å². The summed E-state index contributed by atoms with van der Waals surface area (Å²) >= 11 is 0. The minimum Gasteiger partial charge on any atom is -0.486 e. The van der Waals surface area contributed by atoms with Gasteiger partial charge in [-0.05, 0) is 55.3 Å². The summed E-state index contributed by atoms with van der Waals surface area (Å²) in [5.41, 5.74) is 1.89. The number of ether oxygens (including phenoxy) is 1. The van der Waals surface area contributed by atoms with Crippen molar-refractivity contribution < 1.29 is 9.13 Å². The van der Waals surface area contributed by atoms with Crippen LogP contribution in [0.2, 0.25) is 0 Å². The van der Waals surface area contributed by atoms with Gasteiger partial charge in [0.2, 0.25) is 0 Å². The van der Waals surface area contributed by atoms with Crippen molar-refractivity contribution in [2.75, 3.05) is 6.54 Å². The molecule has 1 N–H and O–H groups in total. The van der Waals surface area contributed by atoms with E-state index in [-0.39, 0.29) is 17.6 Å². The molecule has 0 aliphatic rings. The first-order valence-corrected chi connectivity index (χ1v) is 7.25. The number of aromatic nitrogens is 1. The van der Waals surface area contributed by atoms with Gasteiger partial charge in [0.1, 0.15) is 6.61 Å². The lowest BCUT2D eigenvalue weighted by Gasteiger charge is -2.15. The first kappa shape index (κ1) is 15.4. The van der Waals surface area contributed by atoms with Crippen LogP contribution < -0.4 is 10.1 Å². The van der Waals surface area contributed by atoms with Gasteiger partial charge in [0.05, 0.1) is 0 Å². The van der Waals surface area contributed by atoms with Crippen LogP contribution in [0.15, 0.2) is 42.7 Å². The highest BCUT2D eigenvalue weighted by Gasteiger charge is 2.09. The summed E-state index contributed by atoms with van der Waals surface area (Å²) in [4.78, 5) is 3.94. The van der Waals surface area contributed by atoms with Gasteiger partial charge in [-0.25, -0.2) is 4.39 Å². The van der Waals surface area contributed by atoms with Crippen LogP contribution in [0, 0.1) is 5.82 Å². The number of hydrogen-bond donors (Lipinski definition) is 1. The van der Waals surface area contributed by atoms with E-state index in [0.29, 0.717) is 6.61 Å². The van der Waals surface area contributed by atoms with E-state index in [2.05, 4.69) is 17.2 Å². The Bertz CT molecular complexity index is 560. The smallest absolute Gasteiger partial charge is 0.165 e. The SMILES string of the molecule is CCCNC(C)c1ccc(OCc2ccncc2)c(F)c1. The third-order valence-corrected chi connectivity index (χ3v) is 3.30. The monoisotopic (exact) mass is 288 g/mol. The maximum absolute atomic E-state index is 14.1. The fourth-order valence-electron chi connectivity index (χ4n) is 2.02. The Morgan fingerprint density at radius 3 is 2.67 bits per heavy atom. The molecule has 0 amide bonds. The minimum atomic E-state index is -0.327. The molecule has 4 heteroatoms. The molecule has 0 bridgehead atoms. The second-order valence-electron chi connectivity index (χ2n) is 5.01. The molecule has 1 unspecified atom stereocenters. The molecule has 0 spiro atoms. The van der Waals surface area contributed by atoms with Gasteiger partial charge < -0.3 is 10.1 Å². The third-order valence-electron chi connectivity index (χ3n) is 3.30. The van der Waals surface area contributed by atoms with Crippen LogP contribution in [0.1, 0.15) is 37.4 Å². The van der Waals surface area contributed by atoms with E-state index in [1.807, 2.05) is 25.1 Å². The van der Waals surface area contributed by atoms with Crippen molar-refractivity contribution in [3.8, 4) is 5.75 Å². The van der Waals surface area contributed by atoms with Crippen molar-refractivity contribution in [2.45, 2.75) is 32.9 Å². The Balaban J connectivity index is 1.99. The van der Waals surface area contributed by atoms with Gasteiger partial charge in [-0.1, -0.05) is 13.0 Å². The molecule has 1 aromatic heterocycles. The summed E-state index contributed by atoms with van der Waals surface area (Å²) in [6.07, 6.45) is 4.44. The van der Waals surface area contributed by atoms with Crippen molar-refractivity contribution in [1.82, 2.24) is 10.3 Å². The number of halogens is 1. The lowest BCUT2D eigenvalue weighted by atomic mass is 10.1. The summed E-state index contributed by atoms with van der Waals surface area (Å²) in [7, 11) is 0. The van der Waals surface area contributed by atoms with Crippen molar-refractivity contribution >= 4 is 0 Å². The van der Waals surface area contributed by atoms with Crippen LogP contribution in [0.25, 0.3) is 0 Å². The van der Waals surface area contributed by atoms with Gasteiger partial charge >= 0.3 is 0 Å². The molecule has 0 saturated carbocycles. The van der Waals surface area contributed by atoms with E-state index in [9.17, 15) is 4.39 Å². The Labute approximate surface area is 125 Å². The summed E-state index contributed by atoms with van der Waals surface area (Å²) in [6.45, 7) is 5.39. The highest BCUT2D eigenvalue weighted by atomic mass is 19.1. The summed E-state index contributed by atoms with van der Waals surface area (Å²) in [6, 6.07) is 8.96. The van der Waals surface area contributed by atoms with Gasteiger partial charge in [0, 0.05) is 18.4 Å². The quantitative estimate of drug-likeness (QED) is 0.840. The summed E-state index contributed by atoms with van der Waals surface area (Å²) < 4.78 is 19.6. The largest absolute Gasteiger partial charge is 0.486 e. The molecule has 0 radical (unpaired) electrons. The first-order valence-electron chi connectivity index (χ1n) is 7.25. The summed E-state index contributed by atoms with van der Waals surface area (Å²) in [5, 5.41) is 3.34. The van der Waals surface area contributed by atoms with Gasteiger partial charge in [0.25, 0.3) is 0 Å². The van der Waals surface area contributed by atoms with E-state index in [1.54, 1.807) is 18.5 Å². The van der Waals surface area contributed by atoms with Gasteiger partial charge in [-0.2, -0.15) is 0 Å². The number of nitrogens with one attached hydrogen (secondary N) is 1. The topological polar surface area (TPSA) is 34.1 Å². The van der Waals surface area contributed by atoms with Crippen LogP contribution in [0.5, 0.6) is 5.75 Å². The van der Waals surface area contributed by atoms with Crippen molar-refractivity contribution in [1.29, 1.82) is 0 Å². The number of pyridine rings is 1. The van der Waals surface area contributed by atoms with Crippen LogP contribution in [-0.4, -0.2) is 11.5 Å². The Morgan fingerprint density at radius 1 is 1.24 bits per heavy atom. The normalized spacial score (nSPS) is 12.1. The molecular formula is C17H21FN2O. The van der Waals surface area contributed by atoms with E-state index >= 15 is 0 Å². The second-order valence-corrected chi connectivity index (χ2v) is 5.01. The zero-order valence-corrected chi connectivity index (χ0v) is 12.5. The molecule has 0 saturated heterocycles. The maximum atomic E-state index is 14.1. The van der Waals surface area contributed by atoms with E-state index < -0.39 is 0 Å². The molecule has 0 aliphatic carbocycles. The van der Waals surface area contributed by atoms with E-state index in [1.165, 1.54) is 6.07 Å². The predicted molar refractivity (Wildman–Crippen MR) is 81.7 cm³/mol. The first-order chi connectivity index (χ1) is 10.2. The lowest BCUT2D eigenvalue weighted by molar-refractivity contribution is 0.290. The van der Waals surface area contributed by atoms with Gasteiger partial charge in [-0.15, -0.1) is 0 Å². The van der Waals surface area contributed by atoms with Crippen LogP contribution in [-0.2, 0) is 6.61 Å². The molecule has 112 valence electrons. The molecule has 2 aromatic rings.